The van der Waals surface area contributed by atoms with Gasteiger partial charge in [-0.3, -0.25) is 9.69 Å². The average Bonchev–Trinajstić information content (AvgIpc) is 2.86. The molecule has 1 aliphatic rings. The fraction of sp³-hybridized carbons (Fsp3) is 0.222. The zero-order valence-corrected chi connectivity index (χ0v) is 19.3. The minimum Gasteiger partial charge on any atom is -0.354 e. The first-order chi connectivity index (χ1) is 17.0. The lowest BCUT2D eigenvalue weighted by molar-refractivity contribution is 0.212. The molecule has 1 fully saturated rings. The SMILES string of the molecule is Cc1cc(=O)[nH]c(-c2ccc(N3CCN(C(c4ccc(F)cc4)c4ccc(F)cc4)CC3)nc2)n1. The quantitative estimate of drug-likeness (QED) is 0.468. The van der Waals surface area contributed by atoms with Gasteiger partial charge in [-0.15, -0.1) is 0 Å². The van der Waals surface area contributed by atoms with E-state index in [1.54, 1.807) is 37.4 Å². The Kier molecular flexibility index (Phi) is 6.37. The van der Waals surface area contributed by atoms with E-state index >= 15 is 0 Å². The summed E-state index contributed by atoms with van der Waals surface area (Å²) < 4.78 is 27.1. The van der Waals surface area contributed by atoms with Crippen molar-refractivity contribution in [3.8, 4) is 11.4 Å². The first-order valence-electron chi connectivity index (χ1n) is 11.5. The molecule has 178 valence electrons. The number of hydrogen-bond donors (Lipinski definition) is 1. The highest BCUT2D eigenvalue weighted by Gasteiger charge is 2.27. The molecular weight excluding hydrogens is 448 g/mol. The van der Waals surface area contributed by atoms with Crippen molar-refractivity contribution in [2.45, 2.75) is 13.0 Å². The molecule has 0 bridgehead atoms. The van der Waals surface area contributed by atoms with Crippen molar-refractivity contribution in [3.05, 3.63) is 112 Å². The van der Waals surface area contributed by atoms with Crippen LogP contribution in [0.15, 0.2) is 77.7 Å². The molecule has 5 rings (SSSR count). The van der Waals surface area contributed by atoms with Gasteiger partial charge in [-0.2, -0.15) is 0 Å². The van der Waals surface area contributed by atoms with Crippen LogP contribution in [0.3, 0.4) is 0 Å². The van der Waals surface area contributed by atoms with Gasteiger partial charge in [0.25, 0.3) is 5.56 Å². The zero-order valence-electron chi connectivity index (χ0n) is 19.3. The van der Waals surface area contributed by atoms with Crippen molar-refractivity contribution in [1.29, 1.82) is 0 Å². The van der Waals surface area contributed by atoms with Gasteiger partial charge in [0, 0.05) is 49.7 Å². The number of aromatic nitrogens is 3. The summed E-state index contributed by atoms with van der Waals surface area (Å²) >= 11 is 0. The second-order valence-corrected chi connectivity index (χ2v) is 8.67. The number of nitrogens with zero attached hydrogens (tertiary/aromatic N) is 4. The van der Waals surface area contributed by atoms with Crippen molar-refractivity contribution < 1.29 is 8.78 Å². The van der Waals surface area contributed by atoms with Gasteiger partial charge in [0.2, 0.25) is 0 Å². The molecular formula is C27H25F2N5O. The first-order valence-corrected chi connectivity index (χ1v) is 11.5. The van der Waals surface area contributed by atoms with Crippen LogP contribution in [0.1, 0.15) is 22.9 Å². The Morgan fingerprint density at radius 2 is 1.46 bits per heavy atom. The molecule has 1 saturated heterocycles. The average molecular weight is 474 g/mol. The highest BCUT2D eigenvalue weighted by Crippen LogP contribution is 2.31. The molecule has 3 heterocycles. The van der Waals surface area contributed by atoms with Gasteiger partial charge in [0.1, 0.15) is 23.3 Å². The van der Waals surface area contributed by atoms with Gasteiger partial charge in [-0.1, -0.05) is 24.3 Å². The maximum Gasteiger partial charge on any atom is 0.251 e. The predicted octanol–water partition coefficient (Wildman–Crippen LogP) is 4.33. The Labute approximate surface area is 201 Å². The Morgan fingerprint density at radius 1 is 0.857 bits per heavy atom. The second kappa shape index (κ2) is 9.76. The van der Waals surface area contributed by atoms with E-state index < -0.39 is 0 Å². The predicted molar refractivity (Wildman–Crippen MR) is 131 cm³/mol. The molecule has 4 aromatic rings. The summed E-state index contributed by atoms with van der Waals surface area (Å²) in [6, 6.07) is 18.2. The van der Waals surface area contributed by atoms with Crippen molar-refractivity contribution in [2.75, 3.05) is 31.1 Å². The maximum atomic E-state index is 13.6. The Balaban J connectivity index is 1.32. The van der Waals surface area contributed by atoms with E-state index in [1.165, 1.54) is 30.3 Å². The number of halogens is 2. The number of benzene rings is 2. The number of pyridine rings is 1. The second-order valence-electron chi connectivity index (χ2n) is 8.67. The zero-order chi connectivity index (χ0) is 24.4. The summed E-state index contributed by atoms with van der Waals surface area (Å²) in [6.07, 6.45) is 1.72. The first kappa shape index (κ1) is 22.9. The van der Waals surface area contributed by atoms with Gasteiger partial charge >= 0.3 is 0 Å². The minimum absolute atomic E-state index is 0.0992. The third kappa shape index (κ3) is 5.12. The number of rotatable bonds is 5. The summed E-state index contributed by atoms with van der Waals surface area (Å²) in [5.41, 5.74) is 3.15. The summed E-state index contributed by atoms with van der Waals surface area (Å²) in [6.45, 7) is 4.81. The number of anilines is 1. The smallest absolute Gasteiger partial charge is 0.251 e. The molecule has 0 saturated carbocycles. The van der Waals surface area contributed by atoms with Crippen LogP contribution in [-0.2, 0) is 0 Å². The van der Waals surface area contributed by atoms with Gasteiger partial charge < -0.3 is 9.88 Å². The van der Waals surface area contributed by atoms with Crippen LogP contribution in [0.4, 0.5) is 14.6 Å². The lowest BCUT2D eigenvalue weighted by atomic mass is 9.96. The molecule has 0 spiro atoms. The maximum absolute atomic E-state index is 13.6. The van der Waals surface area contributed by atoms with Gasteiger partial charge in [-0.25, -0.2) is 18.7 Å². The normalized spacial score (nSPS) is 14.5. The third-order valence-electron chi connectivity index (χ3n) is 6.27. The van der Waals surface area contributed by atoms with E-state index in [0.29, 0.717) is 11.5 Å². The number of nitrogens with one attached hydrogen (secondary N) is 1. The number of piperazine rings is 1. The van der Waals surface area contributed by atoms with Gasteiger partial charge in [0.05, 0.1) is 6.04 Å². The minimum atomic E-state index is -0.282. The molecule has 1 aliphatic heterocycles. The summed E-state index contributed by atoms with van der Waals surface area (Å²) in [5, 5.41) is 0. The van der Waals surface area contributed by atoms with E-state index in [-0.39, 0.29) is 23.2 Å². The largest absolute Gasteiger partial charge is 0.354 e. The van der Waals surface area contributed by atoms with Crippen LogP contribution in [-0.4, -0.2) is 46.0 Å². The molecule has 0 amide bonds. The number of aryl methyl sites for hydroxylation is 1. The molecule has 8 heteroatoms. The number of H-pyrrole nitrogens is 1. The van der Waals surface area contributed by atoms with E-state index in [9.17, 15) is 13.6 Å². The van der Waals surface area contributed by atoms with Crippen LogP contribution in [0.25, 0.3) is 11.4 Å². The molecule has 2 aromatic heterocycles. The van der Waals surface area contributed by atoms with Crippen molar-refractivity contribution >= 4 is 5.82 Å². The van der Waals surface area contributed by atoms with Crippen LogP contribution in [0, 0.1) is 18.6 Å². The Bertz CT molecular complexity index is 1300. The summed E-state index contributed by atoms with van der Waals surface area (Å²) in [7, 11) is 0. The van der Waals surface area contributed by atoms with E-state index in [2.05, 4.69) is 24.8 Å². The van der Waals surface area contributed by atoms with Crippen LogP contribution < -0.4 is 10.5 Å². The Morgan fingerprint density at radius 3 is 1.97 bits per heavy atom. The highest BCUT2D eigenvalue weighted by atomic mass is 19.1. The monoisotopic (exact) mass is 473 g/mol. The topological polar surface area (TPSA) is 65.1 Å². The lowest BCUT2D eigenvalue weighted by Crippen LogP contribution is -2.48. The molecule has 0 unspecified atom stereocenters. The molecule has 1 N–H and O–H groups in total. The summed E-state index contributed by atoms with van der Waals surface area (Å²) in [5.74, 6) is 0.788. The molecule has 2 aromatic carbocycles. The van der Waals surface area contributed by atoms with Crippen LogP contribution in [0.5, 0.6) is 0 Å². The molecule has 35 heavy (non-hydrogen) atoms. The highest BCUT2D eigenvalue weighted by molar-refractivity contribution is 5.56. The fourth-order valence-electron chi connectivity index (χ4n) is 4.54. The van der Waals surface area contributed by atoms with E-state index in [0.717, 1.165) is 48.7 Å². The van der Waals surface area contributed by atoms with Crippen LogP contribution in [0.2, 0.25) is 0 Å². The molecule has 6 nitrogen and oxygen atoms in total. The molecule has 0 aliphatic carbocycles. The van der Waals surface area contributed by atoms with Crippen molar-refractivity contribution in [3.63, 3.8) is 0 Å². The molecule has 0 radical (unpaired) electrons. The van der Waals surface area contributed by atoms with E-state index in [4.69, 9.17) is 0 Å². The molecule has 0 atom stereocenters. The lowest BCUT2D eigenvalue weighted by Gasteiger charge is -2.40. The van der Waals surface area contributed by atoms with Crippen LogP contribution >= 0.6 is 0 Å². The Hall–Kier alpha value is -3.91. The standard InChI is InChI=1S/C27H25F2N5O/c1-18-16-25(35)32-27(31-18)21-6-11-24(30-17-21)33-12-14-34(15-13-33)26(19-2-7-22(28)8-3-19)20-4-9-23(29)10-5-20/h2-11,16-17,26H,12-15H2,1H3,(H,31,32,35). The van der Waals surface area contributed by atoms with E-state index in [1.807, 2.05) is 12.1 Å². The third-order valence-corrected chi connectivity index (χ3v) is 6.27. The number of aromatic amines is 1. The van der Waals surface area contributed by atoms with Crippen molar-refractivity contribution in [1.82, 2.24) is 19.9 Å². The van der Waals surface area contributed by atoms with Crippen molar-refractivity contribution in [2.24, 2.45) is 0 Å². The van der Waals surface area contributed by atoms with Gasteiger partial charge in [0.15, 0.2) is 0 Å². The fourth-order valence-corrected chi connectivity index (χ4v) is 4.54. The number of hydrogen-bond acceptors (Lipinski definition) is 5. The summed E-state index contributed by atoms with van der Waals surface area (Å²) in [4.78, 5) is 28.0. The van der Waals surface area contributed by atoms with Gasteiger partial charge in [-0.05, 0) is 54.4 Å².